The number of aryl methyl sites for hydroxylation is 1. The van der Waals surface area contributed by atoms with Crippen molar-refractivity contribution in [3.63, 3.8) is 0 Å². The zero-order valence-electron chi connectivity index (χ0n) is 12.7. The molecule has 0 radical (unpaired) electrons. The summed E-state index contributed by atoms with van der Waals surface area (Å²) in [6, 6.07) is 11.1. The van der Waals surface area contributed by atoms with E-state index >= 15 is 0 Å². The van der Waals surface area contributed by atoms with Crippen LogP contribution in [0.1, 0.15) is 11.9 Å². The van der Waals surface area contributed by atoms with Crippen LogP contribution >= 0.6 is 11.3 Å². The largest absolute Gasteiger partial charge is 0.481 e. The van der Waals surface area contributed by atoms with Crippen LogP contribution in [-0.4, -0.2) is 17.0 Å². The van der Waals surface area contributed by atoms with Crippen LogP contribution in [0.2, 0.25) is 0 Å². The Hall–Kier alpha value is -2.47. The SMILES string of the molecule is Cc1nc2ccc(NC(=O)[C@@H](C)Oc3ccc(F)cc3)cc2s1. The van der Waals surface area contributed by atoms with E-state index in [1.807, 2.05) is 25.1 Å². The van der Waals surface area contributed by atoms with E-state index in [9.17, 15) is 9.18 Å². The number of aromatic nitrogens is 1. The summed E-state index contributed by atoms with van der Waals surface area (Å²) in [5.74, 6) is -0.167. The molecule has 0 fully saturated rings. The van der Waals surface area contributed by atoms with Crippen molar-refractivity contribution in [3.05, 3.63) is 53.3 Å². The first kappa shape index (κ1) is 15.4. The smallest absolute Gasteiger partial charge is 0.265 e. The summed E-state index contributed by atoms with van der Waals surface area (Å²) >= 11 is 1.58. The van der Waals surface area contributed by atoms with Crippen LogP contribution in [0.15, 0.2) is 42.5 Å². The topological polar surface area (TPSA) is 51.2 Å². The molecule has 3 aromatic rings. The van der Waals surface area contributed by atoms with Crippen molar-refractivity contribution < 1.29 is 13.9 Å². The third-order valence-corrected chi connectivity index (χ3v) is 4.19. The lowest BCUT2D eigenvalue weighted by molar-refractivity contribution is -0.122. The van der Waals surface area contributed by atoms with Gasteiger partial charge in [0.25, 0.3) is 5.91 Å². The van der Waals surface area contributed by atoms with Crippen LogP contribution in [0.25, 0.3) is 10.2 Å². The van der Waals surface area contributed by atoms with Crippen molar-refractivity contribution in [2.45, 2.75) is 20.0 Å². The number of hydrogen-bond acceptors (Lipinski definition) is 4. The Balaban J connectivity index is 1.67. The molecular formula is C17H15FN2O2S. The van der Waals surface area contributed by atoms with Gasteiger partial charge < -0.3 is 10.1 Å². The number of carbonyl (C=O) groups excluding carboxylic acids is 1. The van der Waals surface area contributed by atoms with Gasteiger partial charge in [-0.3, -0.25) is 4.79 Å². The van der Waals surface area contributed by atoms with Gasteiger partial charge in [-0.25, -0.2) is 9.37 Å². The lowest BCUT2D eigenvalue weighted by Gasteiger charge is -2.14. The van der Waals surface area contributed by atoms with Crippen LogP contribution in [-0.2, 0) is 4.79 Å². The number of fused-ring (bicyclic) bond motifs is 1. The van der Waals surface area contributed by atoms with Crippen LogP contribution < -0.4 is 10.1 Å². The summed E-state index contributed by atoms with van der Waals surface area (Å²) in [5.41, 5.74) is 1.61. The van der Waals surface area contributed by atoms with E-state index in [2.05, 4.69) is 10.3 Å². The Morgan fingerprint density at radius 3 is 2.74 bits per heavy atom. The first-order valence-electron chi connectivity index (χ1n) is 7.11. The second-order valence-electron chi connectivity index (χ2n) is 5.12. The number of benzene rings is 2. The maximum Gasteiger partial charge on any atom is 0.265 e. The molecular weight excluding hydrogens is 315 g/mol. The van der Waals surface area contributed by atoms with Crippen molar-refractivity contribution in [2.75, 3.05) is 5.32 Å². The number of ether oxygens (including phenoxy) is 1. The highest BCUT2D eigenvalue weighted by molar-refractivity contribution is 7.18. The Bertz CT molecular complexity index is 845. The summed E-state index contributed by atoms with van der Waals surface area (Å²) in [5, 5.41) is 3.80. The molecule has 1 aromatic heterocycles. The number of halogens is 1. The molecule has 0 aliphatic rings. The molecule has 1 amide bonds. The summed E-state index contributed by atoms with van der Waals surface area (Å²) in [6.07, 6.45) is -0.695. The van der Waals surface area contributed by atoms with Gasteiger partial charge in [0.15, 0.2) is 6.10 Å². The summed E-state index contributed by atoms with van der Waals surface area (Å²) in [6.45, 7) is 3.59. The molecule has 1 N–H and O–H groups in total. The van der Waals surface area contributed by atoms with Gasteiger partial charge in [-0.1, -0.05) is 0 Å². The minimum absolute atomic E-state index is 0.269. The molecule has 0 saturated heterocycles. The molecule has 1 atom stereocenters. The quantitative estimate of drug-likeness (QED) is 0.782. The van der Waals surface area contributed by atoms with Gasteiger partial charge in [0.05, 0.1) is 15.2 Å². The van der Waals surface area contributed by atoms with E-state index in [-0.39, 0.29) is 11.7 Å². The van der Waals surface area contributed by atoms with Crippen LogP contribution in [0.3, 0.4) is 0 Å². The summed E-state index contributed by atoms with van der Waals surface area (Å²) in [4.78, 5) is 16.6. The number of anilines is 1. The average Bonchev–Trinajstić information content (AvgIpc) is 2.88. The van der Waals surface area contributed by atoms with Crippen LogP contribution in [0.4, 0.5) is 10.1 Å². The van der Waals surface area contributed by atoms with Gasteiger partial charge in [-0.2, -0.15) is 0 Å². The molecule has 118 valence electrons. The highest BCUT2D eigenvalue weighted by atomic mass is 32.1. The monoisotopic (exact) mass is 330 g/mol. The van der Waals surface area contributed by atoms with Crippen LogP contribution in [0.5, 0.6) is 5.75 Å². The van der Waals surface area contributed by atoms with Gasteiger partial charge in [0.1, 0.15) is 11.6 Å². The molecule has 0 aliphatic carbocycles. The number of rotatable bonds is 4. The fraction of sp³-hybridized carbons (Fsp3) is 0.176. The van der Waals surface area contributed by atoms with Crippen LogP contribution in [0, 0.1) is 12.7 Å². The normalized spacial score (nSPS) is 12.1. The number of nitrogens with one attached hydrogen (secondary N) is 1. The lowest BCUT2D eigenvalue weighted by atomic mass is 10.2. The Morgan fingerprint density at radius 2 is 2.00 bits per heavy atom. The summed E-state index contributed by atoms with van der Waals surface area (Å²) in [7, 11) is 0. The number of amides is 1. The minimum atomic E-state index is -0.695. The van der Waals surface area contributed by atoms with Gasteiger partial charge >= 0.3 is 0 Å². The molecule has 3 rings (SSSR count). The fourth-order valence-corrected chi connectivity index (χ4v) is 3.00. The first-order valence-corrected chi connectivity index (χ1v) is 7.93. The molecule has 0 aliphatic heterocycles. The maximum absolute atomic E-state index is 12.9. The third-order valence-electron chi connectivity index (χ3n) is 3.26. The second-order valence-corrected chi connectivity index (χ2v) is 6.35. The molecule has 6 heteroatoms. The second kappa shape index (κ2) is 6.34. The van der Waals surface area contributed by atoms with Gasteiger partial charge in [-0.15, -0.1) is 11.3 Å². The molecule has 2 aromatic carbocycles. The van der Waals surface area contributed by atoms with Crippen molar-refractivity contribution >= 4 is 33.1 Å². The van der Waals surface area contributed by atoms with Crippen molar-refractivity contribution in [1.29, 1.82) is 0 Å². The minimum Gasteiger partial charge on any atom is -0.481 e. The fourth-order valence-electron chi connectivity index (χ4n) is 2.13. The Kier molecular flexibility index (Phi) is 4.25. The van der Waals surface area contributed by atoms with Gasteiger partial charge in [0, 0.05) is 5.69 Å². The van der Waals surface area contributed by atoms with Crippen molar-refractivity contribution in [2.24, 2.45) is 0 Å². The molecule has 0 spiro atoms. The number of carbonyl (C=O) groups is 1. The first-order chi connectivity index (χ1) is 11.0. The van der Waals surface area contributed by atoms with Crippen molar-refractivity contribution in [3.8, 4) is 5.75 Å². The van der Waals surface area contributed by atoms with Gasteiger partial charge in [-0.05, 0) is 56.3 Å². The number of nitrogens with zero attached hydrogens (tertiary/aromatic N) is 1. The predicted octanol–water partition coefficient (Wildman–Crippen LogP) is 4.15. The highest BCUT2D eigenvalue weighted by Gasteiger charge is 2.15. The van der Waals surface area contributed by atoms with Crippen molar-refractivity contribution in [1.82, 2.24) is 4.98 Å². The lowest BCUT2D eigenvalue weighted by Crippen LogP contribution is -2.30. The molecule has 4 nitrogen and oxygen atoms in total. The number of thiazole rings is 1. The standard InChI is InChI=1S/C17H15FN2O2S/c1-10(22-14-6-3-12(18)4-7-14)17(21)20-13-5-8-15-16(9-13)23-11(2)19-15/h3-10H,1-2H3,(H,20,21)/t10-/m1/s1. The molecule has 0 bridgehead atoms. The molecule has 1 heterocycles. The number of hydrogen-bond donors (Lipinski definition) is 1. The molecule has 0 unspecified atom stereocenters. The highest BCUT2D eigenvalue weighted by Crippen LogP contribution is 2.25. The van der Waals surface area contributed by atoms with E-state index in [0.717, 1.165) is 15.2 Å². The average molecular weight is 330 g/mol. The van der Waals surface area contributed by atoms with E-state index < -0.39 is 6.10 Å². The third kappa shape index (κ3) is 3.65. The van der Waals surface area contributed by atoms with E-state index in [1.165, 1.54) is 24.3 Å². The Morgan fingerprint density at radius 1 is 1.26 bits per heavy atom. The van der Waals surface area contributed by atoms with E-state index in [4.69, 9.17) is 4.74 Å². The Labute approximate surface area is 136 Å². The zero-order chi connectivity index (χ0) is 16.4. The van der Waals surface area contributed by atoms with Gasteiger partial charge in [0.2, 0.25) is 0 Å². The summed E-state index contributed by atoms with van der Waals surface area (Å²) < 4.78 is 19.4. The molecule has 0 saturated carbocycles. The molecule has 23 heavy (non-hydrogen) atoms. The van der Waals surface area contributed by atoms with E-state index in [0.29, 0.717) is 11.4 Å². The zero-order valence-corrected chi connectivity index (χ0v) is 13.5. The predicted molar refractivity (Wildman–Crippen MR) is 89.5 cm³/mol. The van der Waals surface area contributed by atoms with E-state index in [1.54, 1.807) is 18.3 Å². The maximum atomic E-state index is 12.9.